The van der Waals surface area contributed by atoms with Crippen molar-refractivity contribution in [3.8, 4) is 11.4 Å². The fourth-order valence-electron chi connectivity index (χ4n) is 4.97. The maximum absolute atomic E-state index is 14.1. The van der Waals surface area contributed by atoms with Crippen LogP contribution >= 0.6 is 0 Å². The summed E-state index contributed by atoms with van der Waals surface area (Å²) in [5.74, 6) is -1.03. The Morgan fingerprint density at radius 2 is 1.50 bits per heavy atom. The van der Waals surface area contributed by atoms with Gasteiger partial charge in [-0.15, -0.1) is 0 Å². The molecule has 1 fully saturated rings. The first-order chi connectivity index (χ1) is 23.1. The van der Waals surface area contributed by atoms with Gasteiger partial charge in [-0.25, -0.2) is 14.8 Å². The van der Waals surface area contributed by atoms with E-state index < -0.39 is 43.3 Å². The number of carbonyl (C=O) groups excluding carboxylic acids is 4. The molecule has 1 saturated heterocycles. The van der Waals surface area contributed by atoms with Gasteiger partial charge in [0.25, 0.3) is 5.91 Å². The van der Waals surface area contributed by atoms with Crippen LogP contribution in [0.2, 0.25) is 18.1 Å². The number of carbonyl (C=O) groups is 4. The first-order valence-corrected chi connectivity index (χ1v) is 20.4. The number of nitrogens with zero attached hydrogens (tertiary/aromatic N) is 4. The average molecular weight is 712 g/mol. The number of amides is 3. The van der Waals surface area contributed by atoms with Crippen molar-refractivity contribution in [1.29, 1.82) is 0 Å². The molecule has 1 unspecified atom stereocenters. The van der Waals surface area contributed by atoms with Crippen LogP contribution in [0, 0.1) is 0 Å². The Bertz CT molecular complexity index is 1490. The lowest BCUT2D eigenvalue weighted by Gasteiger charge is -2.39. The maximum atomic E-state index is 14.1. The molecule has 0 radical (unpaired) electrons. The minimum absolute atomic E-state index is 0.0152. The van der Waals surface area contributed by atoms with Crippen LogP contribution in [0.4, 0.5) is 4.79 Å². The highest BCUT2D eigenvalue weighted by Gasteiger charge is 2.39. The Morgan fingerprint density at radius 1 is 0.900 bits per heavy atom. The van der Waals surface area contributed by atoms with Gasteiger partial charge < -0.3 is 29.0 Å². The lowest BCUT2D eigenvalue weighted by molar-refractivity contribution is -0.155. The van der Waals surface area contributed by atoms with Crippen LogP contribution < -0.4 is 5.32 Å². The quantitative estimate of drug-likeness (QED) is 0.209. The molecule has 0 aliphatic carbocycles. The highest BCUT2D eigenvalue weighted by Crippen LogP contribution is 2.38. The summed E-state index contributed by atoms with van der Waals surface area (Å²) in [6.07, 6.45) is -0.494. The lowest BCUT2D eigenvalue weighted by atomic mass is 9.89. The number of hydrogen-bond donors (Lipinski definition) is 1. The second kappa shape index (κ2) is 16.5. The second-order valence-corrected chi connectivity index (χ2v) is 20.7. The first kappa shape index (κ1) is 40.6. The van der Waals surface area contributed by atoms with E-state index in [1.54, 1.807) is 43.6 Å². The normalized spacial score (nSPS) is 14.9. The Kier molecular flexibility index (Phi) is 13.4. The monoisotopic (exact) mass is 711 g/mol. The zero-order valence-electron chi connectivity index (χ0n) is 31.8. The van der Waals surface area contributed by atoms with Gasteiger partial charge in [-0.2, -0.15) is 0 Å². The minimum Gasteiger partial charge on any atom is -0.460 e. The molecule has 50 heavy (non-hydrogen) atoms. The van der Waals surface area contributed by atoms with Gasteiger partial charge in [0.05, 0.1) is 12.3 Å². The third-order valence-electron chi connectivity index (χ3n) is 9.06. The SMILES string of the molecule is CCOC(=O)N1CCN(C(=O)C(CCC(=O)OC(C)(C)C)NC(=O)c2cc(C(C)(C)CO[Si](C)(C)C(C)(C)C)nc(-c3ccccc3)n2)CC1. The molecule has 1 atom stereocenters. The predicted octanol–water partition coefficient (Wildman–Crippen LogP) is 5.96. The zero-order valence-corrected chi connectivity index (χ0v) is 32.8. The molecule has 2 aromatic rings. The Hall–Kier alpha value is -3.84. The minimum atomic E-state index is -2.09. The van der Waals surface area contributed by atoms with Gasteiger partial charge in [-0.1, -0.05) is 65.0 Å². The van der Waals surface area contributed by atoms with Crippen molar-refractivity contribution in [1.82, 2.24) is 25.1 Å². The molecule has 0 saturated carbocycles. The molecule has 1 aromatic carbocycles. The van der Waals surface area contributed by atoms with Crippen molar-refractivity contribution in [3.63, 3.8) is 0 Å². The van der Waals surface area contributed by atoms with E-state index in [0.29, 0.717) is 31.2 Å². The molecule has 0 spiro atoms. The van der Waals surface area contributed by atoms with Crippen LogP contribution in [-0.4, -0.2) is 103 Å². The maximum Gasteiger partial charge on any atom is 0.409 e. The molecule has 1 aliphatic heterocycles. The fraction of sp³-hybridized carbons (Fsp3) is 0.622. The van der Waals surface area contributed by atoms with E-state index in [1.807, 2.05) is 44.2 Å². The number of ether oxygens (including phenoxy) is 2. The molecule has 13 heteroatoms. The summed E-state index contributed by atoms with van der Waals surface area (Å²) < 4.78 is 17.2. The first-order valence-electron chi connectivity index (χ1n) is 17.5. The smallest absolute Gasteiger partial charge is 0.409 e. The summed E-state index contributed by atoms with van der Waals surface area (Å²) >= 11 is 0. The molecule has 0 bridgehead atoms. The van der Waals surface area contributed by atoms with E-state index in [0.717, 1.165) is 5.56 Å². The fourth-order valence-corrected chi connectivity index (χ4v) is 6.12. The summed E-state index contributed by atoms with van der Waals surface area (Å²) in [7, 11) is -2.09. The van der Waals surface area contributed by atoms with Crippen LogP contribution in [0.25, 0.3) is 11.4 Å². The van der Waals surface area contributed by atoms with Crippen LogP contribution in [0.3, 0.4) is 0 Å². The Labute approximate surface area is 298 Å². The summed E-state index contributed by atoms with van der Waals surface area (Å²) in [5, 5.41) is 2.89. The average Bonchev–Trinajstić information content (AvgIpc) is 3.04. The largest absolute Gasteiger partial charge is 0.460 e. The van der Waals surface area contributed by atoms with Crippen molar-refractivity contribution >= 4 is 32.2 Å². The van der Waals surface area contributed by atoms with Gasteiger partial charge in [0.1, 0.15) is 17.3 Å². The number of hydrogen-bond acceptors (Lipinski definition) is 9. The molecular weight excluding hydrogens is 655 g/mol. The molecule has 12 nitrogen and oxygen atoms in total. The Balaban J connectivity index is 1.93. The van der Waals surface area contributed by atoms with Crippen molar-refractivity contribution in [2.45, 2.75) is 110 Å². The molecule has 1 aliphatic rings. The van der Waals surface area contributed by atoms with Gasteiger partial charge in [0, 0.05) is 50.2 Å². The number of rotatable bonds is 12. The van der Waals surface area contributed by atoms with E-state index >= 15 is 0 Å². The van der Waals surface area contributed by atoms with E-state index in [4.69, 9.17) is 18.9 Å². The highest BCUT2D eigenvalue weighted by molar-refractivity contribution is 6.74. The summed E-state index contributed by atoms with van der Waals surface area (Å²) in [6, 6.07) is 10.0. The summed E-state index contributed by atoms with van der Waals surface area (Å²) in [6.45, 7) is 23.8. The molecule has 2 heterocycles. The van der Waals surface area contributed by atoms with Crippen molar-refractivity contribution in [2.75, 3.05) is 39.4 Å². The molecule has 3 rings (SSSR count). The molecule has 276 valence electrons. The van der Waals surface area contributed by atoms with E-state index in [9.17, 15) is 19.2 Å². The van der Waals surface area contributed by atoms with Crippen LogP contribution in [0.15, 0.2) is 36.4 Å². The summed E-state index contributed by atoms with van der Waals surface area (Å²) in [5.41, 5.74) is 0.178. The van der Waals surface area contributed by atoms with E-state index in [1.165, 1.54) is 0 Å². The van der Waals surface area contributed by atoms with E-state index in [-0.39, 0.29) is 49.2 Å². The number of piperazine rings is 1. The number of aromatic nitrogens is 2. The molecule has 3 amide bonds. The number of esters is 1. The Morgan fingerprint density at radius 3 is 2.06 bits per heavy atom. The predicted molar refractivity (Wildman–Crippen MR) is 195 cm³/mol. The highest BCUT2D eigenvalue weighted by atomic mass is 28.4. The van der Waals surface area contributed by atoms with Gasteiger partial charge >= 0.3 is 12.1 Å². The van der Waals surface area contributed by atoms with Gasteiger partial charge in [-0.05, 0) is 58.3 Å². The molecular formula is C37H57N5O7Si. The van der Waals surface area contributed by atoms with Crippen molar-refractivity contribution in [2.24, 2.45) is 0 Å². The zero-order chi connectivity index (χ0) is 37.5. The second-order valence-electron chi connectivity index (χ2n) is 15.9. The van der Waals surface area contributed by atoms with E-state index in [2.05, 4.69) is 44.2 Å². The van der Waals surface area contributed by atoms with Gasteiger partial charge in [0.15, 0.2) is 14.1 Å². The molecule has 1 aromatic heterocycles. The summed E-state index contributed by atoms with van der Waals surface area (Å²) in [4.78, 5) is 65.6. The number of nitrogens with one attached hydrogen (secondary N) is 1. The third kappa shape index (κ3) is 11.3. The third-order valence-corrected chi connectivity index (χ3v) is 13.5. The molecule has 1 N–H and O–H groups in total. The lowest BCUT2D eigenvalue weighted by Crippen LogP contribution is -2.56. The van der Waals surface area contributed by atoms with Crippen LogP contribution in [0.5, 0.6) is 0 Å². The van der Waals surface area contributed by atoms with Crippen LogP contribution in [-0.2, 0) is 28.9 Å². The van der Waals surface area contributed by atoms with Crippen LogP contribution in [0.1, 0.15) is 91.3 Å². The standard InChI is InChI=1S/C37H57N5O7Si/c1-12-47-34(46)42-22-20-41(21-23-42)33(45)27(18-19-30(43)49-35(2,3)4)39-32(44)28-24-29(40-31(38-28)26-16-14-13-15-17-26)37(8,9)25-48-50(10,11)36(5,6)7/h13-17,24,27H,12,18-23,25H2,1-11H3,(H,39,44). The number of benzene rings is 1. The van der Waals surface area contributed by atoms with Gasteiger partial charge in [-0.3, -0.25) is 14.4 Å². The van der Waals surface area contributed by atoms with Gasteiger partial charge in [0.2, 0.25) is 5.91 Å². The van der Waals surface area contributed by atoms with Crippen molar-refractivity contribution in [3.05, 3.63) is 47.8 Å². The topological polar surface area (TPSA) is 140 Å². The van der Waals surface area contributed by atoms with Crippen molar-refractivity contribution < 1.29 is 33.1 Å².